The van der Waals surface area contributed by atoms with Gasteiger partial charge in [-0.3, -0.25) is 10.1 Å². The quantitative estimate of drug-likeness (QED) is 0.481. The molecule has 154 valence electrons. The number of anilines is 1. The summed E-state index contributed by atoms with van der Waals surface area (Å²) in [5, 5.41) is 4.35. The highest BCUT2D eigenvalue weighted by molar-refractivity contribution is 6.31. The van der Waals surface area contributed by atoms with E-state index in [1.54, 1.807) is 24.3 Å². The monoisotopic (exact) mass is 422 g/mol. The highest BCUT2D eigenvalue weighted by Gasteiger charge is 2.22. The topological polar surface area (TPSA) is 63.3 Å². The Morgan fingerprint density at radius 1 is 1.27 bits per heavy atom. The Morgan fingerprint density at radius 3 is 2.97 bits per heavy atom. The van der Waals surface area contributed by atoms with E-state index in [0.717, 1.165) is 35.9 Å². The minimum absolute atomic E-state index is 0.237. The van der Waals surface area contributed by atoms with Gasteiger partial charge in [-0.25, -0.2) is 4.98 Å². The van der Waals surface area contributed by atoms with E-state index in [9.17, 15) is 4.79 Å². The summed E-state index contributed by atoms with van der Waals surface area (Å²) in [6.07, 6.45) is 3.47. The van der Waals surface area contributed by atoms with Crippen LogP contribution in [0, 0.1) is 0 Å². The minimum Gasteiger partial charge on any atom is -0.451 e. The van der Waals surface area contributed by atoms with Gasteiger partial charge in [-0.05, 0) is 69.3 Å². The number of likely N-dealkylation sites (tertiary alicyclic amines) is 1. The average Bonchev–Trinajstić information content (AvgIpc) is 3.43. The van der Waals surface area contributed by atoms with Crippen molar-refractivity contribution in [3.8, 4) is 0 Å². The van der Waals surface area contributed by atoms with E-state index < -0.39 is 0 Å². The molecule has 0 bridgehead atoms. The Balaban J connectivity index is 1.43. The van der Waals surface area contributed by atoms with Crippen molar-refractivity contribution in [2.24, 2.45) is 0 Å². The van der Waals surface area contributed by atoms with Gasteiger partial charge in [0.1, 0.15) is 5.58 Å². The zero-order valence-corrected chi connectivity index (χ0v) is 17.5. The predicted octanol–water partition coefficient (Wildman–Crippen LogP) is 5.17. The Bertz CT molecular complexity index is 1230. The number of furan rings is 1. The van der Waals surface area contributed by atoms with Crippen molar-refractivity contribution in [2.75, 3.05) is 18.9 Å². The molecule has 1 saturated heterocycles. The summed E-state index contributed by atoms with van der Waals surface area (Å²) < 4.78 is 7.81. The van der Waals surface area contributed by atoms with Gasteiger partial charge < -0.3 is 13.9 Å². The van der Waals surface area contributed by atoms with E-state index in [1.165, 1.54) is 12.8 Å². The summed E-state index contributed by atoms with van der Waals surface area (Å²) in [5.74, 6) is 0.457. The number of rotatable bonds is 5. The third-order valence-electron chi connectivity index (χ3n) is 5.94. The van der Waals surface area contributed by atoms with Crippen molar-refractivity contribution >= 4 is 45.5 Å². The highest BCUT2D eigenvalue weighted by atomic mass is 35.5. The Kier molecular flexibility index (Phi) is 4.97. The lowest BCUT2D eigenvalue weighted by molar-refractivity contribution is 0.0997. The second kappa shape index (κ2) is 7.78. The number of fused-ring (bicyclic) bond motifs is 2. The van der Waals surface area contributed by atoms with E-state index in [2.05, 4.69) is 26.8 Å². The maximum Gasteiger partial charge on any atom is 0.293 e. The van der Waals surface area contributed by atoms with Crippen LogP contribution >= 0.6 is 11.6 Å². The van der Waals surface area contributed by atoms with Crippen molar-refractivity contribution in [1.29, 1.82) is 0 Å². The third kappa shape index (κ3) is 3.57. The molecule has 2 aromatic heterocycles. The van der Waals surface area contributed by atoms with Crippen LogP contribution in [0.5, 0.6) is 0 Å². The first-order valence-corrected chi connectivity index (χ1v) is 10.6. The normalized spacial score (nSPS) is 17.2. The van der Waals surface area contributed by atoms with E-state index in [-0.39, 0.29) is 11.7 Å². The maximum absolute atomic E-state index is 12.9. The fourth-order valence-corrected chi connectivity index (χ4v) is 4.49. The first-order valence-electron chi connectivity index (χ1n) is 10.2. The summed E-state index contributed by atoms with van der Waals surface area (Å²) in [6, 6.07) is 15.5. The van der Waals surface area contributed by atoms with Crippen LogP contribution in [-0.4, -0.2) is 40.0 Å². The summed E-state index contributed by atoms with van der Waals surface area (Å²) >= 11 is 6.04. The number of hydrogen-bond acceptors (Lipinski definition) is 4. The molecule has 1 amide bonds. The molecule has 1 aliphatic heterocycles. The lowest BCUT2D eigenvalue weighted by atomic mass is 10.1. The summed E-state index contributed by atoms with van der Waals surface area (Å²) in [7, 11) is 2.18. The Labute approximate surface area is 179 Å². The fourth-order valence-electron chi connectivity index (χ4n) is 4.31. The number of halogens is 1. The first kappa shape index (κ1) is 19.2. The van der Waals surface area contributed by atoms with Crippen LogP contribution in [0.15, 0.2) is 52.9 Å². The molecule has 0 spiro atoms. The average molecular weight is 423 g/mol. The highest BCUT2D eigenvalue weighted by Crippen LogP contribution is 2.26. The van der Waals surface area contributed by atoms with Crippen LogP contribution in [0.25, 0.3) is 22.0 Å². The first-order chi connectivity index (χ1) is 14.6. The van der Waals surface area contributed by atoms with Gasteiger partial charge in [0.15, 0.2) is 5.76 Å². The molecule has 1 unspecified atom stereocenters. The molecule has 1 atom stereocenters. The SMILES string of the molecule is CN1CCCC1CCn1c(NC(=O)c2cc3cc(Cl)ccc3o2)nc2ccccc21. The van der Waals surface area contributed by atoms with Gasteiger partial charge in [0, 0.05) is 23.0 Å². The molecule has 7 heteroatoms. The van der Waals surface area contributed by atoms with Crippen LogP contribution < -0.4 is 5.32 Å². The van der Waals surface area contributed by atoms with Crippen molar-refractivity contribution in [3.63, 3.8) is 0 Å². The molecule has 6 nitrogen and oxygen atoms in total. The van der Waals surface area contributed by atoms with E-state index in [1.807, 2.05) is 24.3 Å². The van der Waals surface area contributed by atoms with Crippen LogP contribution in [0.2, 0.25) is 5.02 Å². The van der Waals surface area contributed by atoms with E-state index in [4.69, 9.17) is 16.0 Å². The van der Waals surface area contributed by atoms with Gasteiger partial charge in [0.05, 0.1) is 11.0 Å². The van der Waals surface area contributed by atoms with E-state index >= 15 is 0 Å². The van der Waals surface area contributed by atoms with Crippen molar-refractivity contribution < 1.29 is 9.21 Å². The molecule has 5 rings (SSSR count). The number of nitrogens with one attached hydrogen (secondary N) is 1. The molecular weight excluding hydrogens is 400 g/mol. The zero-order chi connectivity index (χ0) is 20.7. The van der Waals surface area contributed by atoms with Crippen LogP contribution in [0.3, 0.4) is 0 Å². The number of aromatic nitrogens is 2. The molecule has 1 fully saturated rings. The van der Waals surface area contributed by atoms with E-state index in [0.29, 0.717) is 22.6 Å². The van der Waals surface area contributed by atoms with Gasteiger partial charge in [0.25, 0.3) is 5.91 Å². The van der Waals surface area contributed by atoms with Gasteiger partial charge in [-0.15, -0.1) is 0 Å². The van der Waals surface area contributed by atoms with Crippen LogP contribution in [0.4, 0.5) is 5.95 Å². The zero-order valence-electron chi connectivity index (χ0n) is 16.8. The van der Waals surface area contributed by atoms with Crippen LogP contribution in [-0.2, 0) is 6.54 Å². The molecule has 0 saturated carbocycles. The molecule has 4 aromatic rings. The molecule has 0 aliphatic carbocycles. The molecule has 30 heavy (non-hydrogen) atoms. The number of aryl methyl sites for hydroxylation is 1. The number of benzene rings is 2. The van der Waals surface area contributed by atoms with Crippen LogP contribution in [0.1, 0.15) is 29.8 Å². The number of hydrogen-bond donors (Lipinski definition) is 1. The third-order valence-corrected chi connectivity index (χ3v) is 6.17. The van der Waals surface area contributed by atoms with Gasteiger partial charge in [-0.2, -0.15) is 0 Å². The lowest BCUT2D eigenvalue weighted by Gasteiger charge is -2.20. The molecule has 1 aliphatic rings. The van der Waals surface area contributed by atoms with Gasteiger partial charge in [0.2, 0.25) is 5.95 Å². The smallest absolute Gasteiger partial charge is 0.293 e. The number of para-hydroxylation sites is 2. The Hall–Kier alpha value is -2.83. The second-order valence-corrected chi connectivity index (χ2v) is 8.32. The molecule has 2 aromatic carbocycles. The number of carbonyl (C=O) groups is 1. The molecule has 0 radical (unpaired) electrons. The summed E-state index contributed by atoms with van der Waals surface area (Å²) in [6.45, 7) is 1.94. The standard InChI is InChI=1S/C23H23ClN4O2/c1-27-11-4-5-17(27)10-12-28-19-7-3-2-6-18(19)25-23(28)26-22(29)21-14-15-13-16(24)8-9-20(15)30-21/h2-3,6-9,13-14,17H,4-5,10-12H2,1H3,(H,25,26,29). The largest absolute Gasteiger partial charge is 0.451 e. The predicted molar refractivity (Wildman–Crippen MR) is 119 cm³/mol. The van der Waals surface area contributed by atoms with Gasteiger partial charge in [-0.1, -0.05) is 23.7 Å². The molecular formula is C23H23ClN4O2. The number of carbonyl (C=O) groups excluding carboxylic acids is 1. The maximum atomic E-state index is 12.9. The van der Waals surface area contributed by atoms with Gasteiger partial charge >= 0.3 is 0 Å². The molecule has 1 N–H and O–H groups in total. The number of imidazole rings is 1. The summed E-state index contributed by atoms with van der Waals surface area (Å²) in [5.41, 5.74) is 2.51. The second-order valence-electron chi connectivity index (χ2n) is 7.89. The number of nitrogens with zero attached hydrogens (tertiary/aromatic N) is 3. The Morgan fingerprint density at radius 2 is 2.13 bits per heavy atom. The van der Waals surface area contributed by atoms with Crippen molar-refractivity contribution in [3.05, 3.63) is 59.3 Å². The molecule has 3 heterocycles. The number of amides is 1. The lowest BCUT2D eigenvalue weighted by Crippen LogP contribution is -2.26. The summed E-state index contributed by atoms with van der Waals surface area (Å²) in [4.78, 5) is 20.0. The minimum atomic E-state index is -0.322. The fraction of sp³-hybridized carbons (Fsp3) is 0.304. The van der Waals surface area contributed by atoms with Crippen molar-refractivity contribution in [2.45, 2.75) is 31.8 Å². The van der Waals surface area contributed by atoms with Crippen molar-refractivity contribution in [1.82, 2.24) is 14.5 Å².